The second-order valence-corrected chi connectivity index (χ2v) is 5.54. The van der Waals surface area contributed by atoms with Crippen molar-refractivity contribution in [3.8, 4) is 5.75 Å². The van der Waals surface area contributed by atoms with E-state index in [2.05, 4.69) is 20.9 Å². The maximum atomic E-state index is 5.78. The normalized spacial score (nSPS) is 11.9. The van der Waals surface area contributed by atoms with Gasteiger partial charge < -0.3 is 4.74 Å². The Morgan fingerprint density at radius 2 is 2.22 bits per heavy atom. The molecule has 94 valence electrons. The molecule has 0 saturated heterocycles. The molecule has 0 aliphatic carbocycles. The lowest BCUT2D eigenvalue weighted by Crippen LogP contribution is -1.96. The average Bonchev–Trinajstić information content (AvgIpc) is 2.29. The molecule has 0 amide bonds. The van der Waals surface area contributed by atoms with Crippen LogP contribution in [0.4, 0.5) is 0 Å². The molecular formula is C14H13BrClNO. The maximum absolute atomic E-state index is 5.78. The molecule has 1 aromatic heterocycles. The van der Waals surface area contributed by atoms with E-state index in [0.29, 0.717) is 6.61 Å². The number of halogens is 2. The van der Waals surface area contributed by atoms with Crippen LogP contribution < -0.4 is 4.74 Å². The summed E-state index contributed by atoms with van der Waals surface area (Å²) in [5.74, 6) is 0.827. The van der Waals surface area contributed by atoms with Gasteiger partial charge in [-0.1, -0.05) is 27.5 Å². The number of pyridine rings is 1. The van der Waals surface area contributed by atoms with E-state index in [1.165, 1.54) is 0 Å². The molecule has 0 spiro atoms. The Bertz CT molecular complexity index is 606. The molecule has 0 saturated carbocycles. The first-order valence-electron chi connectivity index (χ1n) is 5.58. The van der Waals surface area contributed by atoms with Gasteiger partial charge in [-0.25, -0.2) is 0 Å². The van der Waals surface area contributed by atoms with Crippen molar-refractivity contribution in [2.24, 2.45) is 0 Å². The highest BCUT2D eigenvalue weighted by molar-refractivity contribution is 9.10. The van der Waals surface area contributed by atoms with Gasteiger partial charge in [-0.05, 0) is 38.1 Å². The van der Waals surface area contributed by atoms with E-state index in [1.807, 2.05) is 44.2 Å². The molecule has 0 radical (unpaired) electrons. The zero-order chi connectivity index (χ0) is 13.1. The third kappa shape index (κ3) is 3.24. The molecule has 2 rings (SSSR count). The van der Waals surface area contributed by atoms with Crippen molar-refractivity contribution >= 4 is 38.4 Å². The van der Waals surface area contributed by atoms with Crippen molar-refractivity contribution < 1.29 is 4.74 Å². The lowest BCUT2D eigenvalue weighted by molar-refractivity contribution is 0.366. The summed E-state index contributed by atoms with van der Waals surface area (Å²) in [5.41, 5.74) is 1.87. The molecule has 0 aliphatic heterocycles. The highest BCUT2D eigenvalue weighted by atomic mass is 79.9. The summed E-state index contributed by atoms with van der Waals surface area (Å²) in [4.78, 5) is 4.48. The van der Waals surface area contributed by atoms with Crippen molar-refractivity contribution in [1.82, 2.24) is 4.98 Å². The highest BCUT2D eigenvalue weighted by Gasteiger charge is 2.05. The monoisotopic (exact) mass is 325 g/mol. The SMILES string of the molecule is C/C(Cl)=C\COc1cc(C)nc2ccc(Br)cc12. The molecule has 4 heteroatoms. The van der Waals surface area contributed by atoms with Crippen LogP contribution >= 0.6 is 27.5 Å². The quantitative estimate of drug-likeness (QED) is 0.806. The van der Waals surface area contributed by atoms with E-state index in [0.717, 1.165) is 31.9 Å². The number of hydrogen-bond acceptors (Lipinski definition) is 2. The first-order chi connectivity index (χ1) is 8.56. The summed E-state index contributed by atoms with van der Waals surface area (Å²) >= 11 is 9.24. The molecule has 18 heavy (non-hydrogen) atoms. The number of rotatable bonds is 3. The van der Waals surface area contributed by atoms with Crippen LogP contribution in [0.5, 0.6) is 5.75 Å². The van der Waals surface area contributed by atoms with Crippen LogP contribution in [0.15, 0.2) is 39.8 Å². The molecular weight excluding hydrogens is 314 g/mol. The number of allylic oxidation sites excluding steroid dienone is 1. The zero-order valence-corrected chi connectivity index (χ0v) is 12.5. The Morgan fingerprint density at radius 3 is 2.94 bits per heavy atom. The second-order valence-electron chi connectivity index (χ2n) is 4.03. The minimum Gasteiger partial charge on any atom is -0.489 e. The van der Waals surface area contributed by atoms with Gasteiger partial charge in [0, 0.05) is 26.7 Å². The minimum atomic E-state index is 0.459. The van der Waals surface area contributed by atoms with Gasteiger partial charge in [0.25, 0.3) is 0 Å². The molecule has 0 unspecified atom stereocenters. The van der Waals surface area contributed by atoms with E-state index >= 15 is 0 Å². The standard InChI is InChI=1S/C14H13BrClNO/c1-9(16)5-6-18-14-7-10(2)17-13-4-3-11(15)8-12(13)14/h3-5,7-8H,6H2,1-2H3/b9-5+. The maximum Gasteiger partial charge on any atom is 0.131 e. The topological polar surface area (TPSA) is 22.1 Å². The fourth-order valence-electron chi connectivity index (χ4n) is 1.66. The summed E-state index contributed by atoms with van der Waals surface area (Å²) in [7, 11) is 0. The van der Waals surface area contributed by atoms with Crippen molar-refractivity contribution in [2.75, 3.05) is 6.61 Å². The fourth-order valence-corrected chi connectivity index (χ4v) is 2.08. The largest absolute Gasteiger partial charge is 0.489 e. The van der Waals surface area contributed by atoms with Gasteiger partial charge in [-0.2, -0.15) is 0 Å². The van der Waals surface area contributed by atoms with Gasteiger partial charge in [0.2, 0.25) is 0 Å². The molecule has 2 aromatic rings. The smallest absolute Gasteiger partial charge is 0.131 e. The van der Waals surface area contributed by atoms with Crippen LogP contribution in [0.1, 0.15) is 12.6 Å². The Hall–Kier alpha value is -1.06. The van der Waals surface area contributed by atoms with E-state index in [9.17, 15) is 0 Å². The van der Waals surface area contributed by atoms with Crippen molar-refractivity contribution in [3.63, 3.8) is 0 Å². The predicted octanol–water partition coefficient (Wildman–Crippen LogP) is 4.83. The van der Waals surface area contributed by atoms with Crippen LogP contribution in [-0.4, -0.2) is 11.6 Å². The fraction of sp³-hybridized carbons (Fsp3) is 0.214. The molecule has 2 nitrogen and oxygen atoms in total. The van der Waals surface area contributed by atoms with E-state index in [-0.39, 0.29) is 0 Å². The number of hydrogen-bond donors (Lipinski definition) is 0. The van der Waals surface area contributed by atoms with Crippen molar-refractivity contribution in [1.29, 1.82) is 0 Å². The van der Waals surface area contributed by atoms with Gasteiger partial charge in [0.15, 0.2) is 0 Å². The van der Waals surface area contributed by atoms with Gasteiger partial charge in [0.05, 0.1) is 5.52 Å². The Kier molecular flexibility index (Phi) is 4.25. The van der Waals surface area contributed by atoms with Crippen LogP contribution in [-0.2, 0) is 0 Å². The molecule has 0 N–H and O–H groups in total. The Morgan fingerprint density at radius 1 is 1.44 bits per heavy atom. The average molecular weight is 327 g/mol. The summed E-state index contributed by atoms with van der Waals surface area (Å²) in [6, 6.07) is 7.89. The van der Waals surface area contributed by atoms with Crippen LogP contribution in [0.2, 0.25) is 0 Å². The molecule has 0 atom stereocenters. The number of fused-ring (bicyclic) bond motifs is 1. The highest BCUT2D eigenvalue weighted by Crippen LogP contribution is 2.28. The van der Waals surface area contributed by atoms with Crippen LogP contribution in [0.25, 0.3) is 10.9 Å². The van der Waals surface area contributed by atoms with E-state index < -0.39 is 0 Å². The van der Waals surface area contributed by atoms with Crippen molar-refractivity contribution in [2.45, 2.75) is 13.8 Å². The summed E-state index contributed by atoms with van der Waals surface area (Å²) in [6.07, 6.45) is 1.83. The number of ether oxygens (including phenoxy) is 1. The van der Waals surface area contributed by atoms with E-state index in [1.54, 1.807) is 0 Å². The van der Waals surface area contributed by atoms with Gasteiger partial charge in [-0.3, -0.25) is 4.98 Å². The Balaban J connectivity index is 2.41. The molecule has 0 bridgehead atoms. The lowest BCUT2D eigenvalue weighted by atomic mass is 10.2. The molecule has 1 aromatic carbocycles. The summed E-state index contributed by atoms with van der Waals surface area (Å²) in [5, 5.41) is 1.72. The third-order valence-corrected chi connectivity index (χ3v) is 3.11. The van der Waals surface area contributed by atoms with Gasteiger partial charge in [-0.15, -0.1) is 0 Å². The van der Waals surface area contributed by atoms with Crippen LogP contribution in [0.3, 0.4) is 0 Å². The molecule has 1 heterocycles. The zero-order valence-electron chi connectivity index (χ0n) is 10.2. The Labute approximate surface area is 120 Å². The number of nitrogens with zero attached hydrogens (tertiary/aromatic N) is 1. The van der Waals surface area contributed by atoms with E-state index in [4.69, 9.17) is 16.3 Å². The number of aryl methyl sites for hydroxylation is 1. The van der Waals surface area contributed by atoms with Crippen molar-refractivity contribution in [3.05, 3.63) is 45.5 Å². The third-order valence-electron chi connectivity index (χ3n) is 2.46. The van der Waals surface area contributed by atoms with Gasteiger partial charge >= 0.3 is 0 Å². The van der Waals surface area contributed by atoms with Crippen LogP contribution in [0, 0.1) is 6.92 Å². The molecule has 0 aliphatic rings. The summed E-state index contributed by atoms with van der Waals surface area (Å²) < 4.78 is 6.75. The van der Waals surface area contributed by atoms with Gasteiger partial charge in [0.1, 0.15) is 12.4 Å². The number of benzene rings is 1. The second kappa shape index (κ2) is 5.72. The first-order valence-corrected chi connectivity index (χ1v) is 6.75. The minimum absolute atomic E-state index is 0.459. The first kappa shape index (κ1) is 13.4. The lowest BCUT2D eigenvalue weighted by Gasteiger charge is -2.09. The predicted molar refractivity (Wildman–Crippen MR) is 79.3 cm³/mol. The molecule has 0 fully saturated rings. The summed E-state index contributed by atoms with van der Waals surface area (Å²) in [6.45, 7) is 4.24. The number of aromatic nitrogens is 1.